The van der Waals surface area contributed by atoms with E-state index in [9.17, 15) is 0 Å². The van der Waals surface area contributed by atoms with Gasteiger partial charge in [0.25, 0.3) is 0 Å². The number of rotatable bonds is 7. The smallest absolute Gasteiger partial charge is 0.240 e. The van der Waals surface area contributed by atoms with Gasteiger partial charge in [0.05, 0.1) is 33.1 Å². The van der Waals surface area contributed by atoms with E-state index >= 15 is 0 Å². The van der Waals surface area contributed by atoms with Crippen molar-refractivity contribution in [1.29, 1.82) is 0 Å². The molecule has 5 aliphatic carbocycles. The summed E-state index contributed by atoms with van der Waals surface area (Å²) in [5.41, 5.74) is 38.9. The van der Waals surface area contributed by atoms with E-state index in [0.29, 0.717) is 17.7 Å². The molecule has 514 valence electrons. The second kappa shape index (κ2) is 21.0. The molecule has 0 saturated carbocycles. The van der Waals surface area contributed by atoms with Crippen LogP contribution in [-0.2, 0) is 27.1 Å². The Hall–Kier alpha value is -12.5. The molecular formula is C102H76N6. The normalized spacial score (nSPS) is 15.7. The molecule has 0 fully saturated rings. The van der Waals surface area contributed by atoms with Crippen molar-refractivity contribution in [3.05, 3.63) is 335 Å². The highest BCUT2D eigenvalue weighted by Crippen LogP contribution is 2.63. The lowest BCUT2D eigenvalue weighted by Crippen LogP contribution is -2.22. The minimum atomic E-state index is -0.395. The van der Waals surface area contributed by atoms with Crippen molar-refractivity contribution in [2.24, 2.45) is 0 Å². The van der Waals surface area contributed by atoms with E-state index in [2.05, 4.69) is 362 Å². The molecule has 0 saturated heterocycles. The quantitative estimate of drug-likeness (QED) is 0.160. The number of fused-ring (bicyclic) bond motifs is 18. The first-order valence-electron chi connectivity index (χ1n) is 38.3. The zero-order chi connectivity index (χ0) is 72.6. The number of para-hydroxylation sites is 3. The molecule has 108 heavy (non-hydrogen) atoms. The molecular weight excluding hydrogens is 1310 g/mol. The highest BCUT2D eigenvalue weighted by atomic mass is 15.3. The summed E-state index contributed by atoms with van der Waals surface area (Å²) in [7, 11) is 0. The summed E-state index contributed by atoms with van der Waals surface area (Å²) in [5.74, 6) is 1.73. The zero-order valence-corrected chi connectivity index (χ0v) is 62.2. The molecule has 0 unspecified atom stereocenters. The lowest BCUT2D eigenvalue weighted by atomic mass is 9.74. The first-order chi connectivity index (χ1) is 52.3. The van der Waals surface area contributed by atoms with E-state index in [0.717, 1.165) is 60.3 Å². The maximum atomic E-state index is 5.80. The van der Waals surface area contributed by atoms with Crippen molar-refractivity contribution in [2.75, 3.05) is 0 Å². The van der Waals surface area contributed by atoms with E-state index in [-0.39, 0.29) is 16.2 Å². The lowest BCUT2D eigenvalue weighted by molar-refractivity contribution is 0.629. The summed E-state index contributed by atoms with van der Waals surface area (Å²) < 4.78 is 7.11. The van der Waals surface area contributed by atoms with Gasteiger partial charge in [0, 0.05) is 70.6 Å². The third-order valence-corrected chi connectivity index (χ3v) is 26.5. The summed E-state index contributed by atoms with van der Waals surface area (Å²) in [5, 5.41) is 7.02. The Bertz CT molecular complexity index is 6850. The lowest BCUT2D eigenvalue weighted by Gasteiger charge is -2.30. The highest BCUT2D eigenvalue weighted by molar-refractivity contribution is 6.13. The molecule has 14 aromatic carbocycles. The molecule has 0 bridgehead atoms. The molecule has 5 aliphatic rings. The average Bonchev–Trinajstić information content (AvgIpc) is 1.51. The van der Waals surface area contributed by atoms with Gasteiger partial charge in [-0.2, -0.15) is 15.0 Å². The van der Waals surface area contributed by atoms with Crippen LogP contribution < -0.4 is 0 Å². The Labute approximate surface area is 628 Å². The summed E-state index contributed by atoms with van der Waals surface area (Å²) in [6, 6.07) is 106. The molecule has 23 rings (SSSR count). The number of aromatic nitrogens is 6. The largest absolute Gasteiger partial charge is 0.309 e. The van der Waals surface area contributed by atoms with Gasteiger partial charge in [-0.1, -0.05) is 251 Å². The maximum absolute atomic E-state index is 5.80. The van der Waals surface area contributed by atoms with Gasteiger partial charge in [-0.15, -0.1) is 0 Å². The van der Waals surface area contributed by atoms with Gasteiger partial charge < -0.3 is 4.57 Å². The monoisotopic (exact) mass is 1380 g/mol. The van der Waals surface area contributed by atoms with Crippen LogP contribution in [0.2, 0.25) is 0 Å². The topological polar surface area (TPSA) is 53.5 Å². The van der Waals surface area contributed by atoms with E-state index in [1.165, 1.54) is 150 Å². The van der Waals surface area contributed by atoms with Crippen molar-refractivity contribution in [2.45, 2.75) is 96.3 Å². The Morgan fingerprint density at radius 2 is 0.481 bits per heavy atom. The Morgan fingerprint density at radius 1 is 0.204 bits per heavy atom. The minimum absolute atomic E-state index is 0.0488. The fourth-order valence-corrected chi connectivity index (χ4v) is 20.9. The van der Waals surface area contributed by atoms with Crippen LogP contribution in [0.3, 0.4) is 0 Å². The van der Waals surface area contributed by atoms with Crippen molar-refractivity contribution in [1.82, 2.24) is 28.7 Å². The molecule has 4 aromatic heterocycles. The van der Waals surface area contributed by atoms with Crippen LogP contribution in [-0.4, -0.2) is 28.7 Å². The Kier molecular flexibility index (Phi) is 12.0. The van der Waals surface area contributed by atoms with Crippen molar-refractivity contribution in [3.8, 4) is 107 Å². The summed E-state index contributed by atoms with van der Waals surface area (Å²) in [4.78, 5) is 17.4. The Balaban J connectivity index is 0.692. The predicted molar refractivity (Wildman–Crippen MR) is 447 cm³/mol. The average molecular weight is 1390 g/mol. The second-order valence-electron chi connectivity index (χ2n) is 33.9. The second-order valence-corrected chi connectivity index (χ2v) is 33.9. The molecule has 0 spiro atoms. The molecule has 6 heteroatoms. The molecule has 0 N–H and O–H groups in total. The van der Waals surface area contributed by atoms with Gasteiger partial charge in [0.2, 0.25) is 11.9 Å². The van der Waals surface area contributed by atoms with Gasteiger partial charge in [0.1, 0.15) is 0 Å². The van der Waals surface area contributed by atoms with Gasteiger partial charge in [-0.3, -0.25) is 9.13 Å². The molecule has 6 nitrogen and oxygen atoms in total. The van der Waals surface area contributed by atoms with Gasteiger partial charge in [-0.05, 0) is 231 Å². The molecule has 0 atom stereocenters. The third kappa shape index (κ3) is 8.03. The summed E-state index contributed by atoms with van der Waals surface area (Å²) in [6.07, 6.45) is 0. The van der Waals surface area contributed by atoms with Crippen LogP contribution in [0.25, 0.3) is 172 Å². The number of nitrogens with zero attached hydrogens (tertiary/aromatic N) is 6. The maximum Gasteiger partial charge on any atom is 0.240 e. The summed E-state index contributed by atoms with van der Waals surface area (Å²) in [6.45, 7) is 23.8. The van der Waals surface area contributed by atoms with E-state index in [1.54, 1.807) is 0 Å². The minimum Gasteiger partial charge on any atom is -0.309 e. The van der Waals surface area contributed by atoms with E-state index in [4.69, 9.17) is 15.0 Å². The van der Waals surface area contributed by atoms with Crippen molar-refractivity contribution < 1.29 is 0 Å². The van der Waals surface area contributed by atoms with Crippen LogP contribution in [0.5, 0.6) is 0 Å². The van der Waals surface area contributed by atoms with Crippen LogP contribution in [0.4, 0.5) is 0 Å². The van der Waals surface area contributed by atoms with Crippen LogP contribution in [0, 0.1) is 0 Å². The number of hydrogen-bond donors (Lipinski definition) is 0. The third-order valence-electron chi connectivity index (χ3n) is 26.5. The molecule has 18 aromatic rings. The SMILES string of the molecule is CC1(C)c2ccccc2-c2cc(-c3ccc4c(c3)c3ccccc3n4-c3cc4c5c(c3)C(C)(C)c3cc(-c6nc(-n7c8ccccc8c8cc(-c9ccc%10c(c9)-c9ccccc9C%10(C)C)ccc87)nc(-n7c8ccccc8c8cc(-c9ccc%10c(c9)-c9ccccc9C%10(C)C)ccc87)n6)cc(c3-5)C4(C)C)ccc21. The molecule has 0 amide bonds. The first kappa shape index (κ1) is 61.8. The van der Waals surface area contributed by atoms with Crippen LogP contribution in [0.1, 0.15) is 125 Å². The fourth-order valence-electron chi connectivity index (χ4n) is 20.9. The molecule has 4 heterocycles. The highest BCUT2D eigenvalue weighted by Gasteiger charge is 2.49. The van der Waals surface area contributed by atoms with Gasteiger partial charge in [0.15, 0.2) is 5.82 Å². The van der Waals surface area contributed by atoms with Crippen molar-refractivity contribution >= 4 is 65.4 Å². The molecule has 0 radical (unpaired) electrons. The van der Waals surface area contributed by atoms with Crippen LogP contribution in [0.15, 0.2) is 279 Å². The van der Waals surface area contributed by atoms with Gasteiger partial charge >= 0.3 is 0 Å². The first-order valence-corrected chi connectivity index (χ1v) is 38.3. The van der Waals surface area contributed by atoms with E-state index < -0.39 is 10.8 Å². The number of benzene rings is 14. The predicted octanol–water partition coefficient (Wildman–Crippen LogP) is 25.7. The number of hydrogen-bond acceptors (Lipinski definition) is 3. The molecule has 0 aliphatic heterocycles. The van der Waals surface area contributed by atoms with Crippen molar-refractivity contribution in [3.63, 3.8) is 0 Å². The van der Waals surface area contributed by atoms with Crippen LogP contribution >= 0.6 is 0 Å². The summed E-state index contributed by atoms with van der Waals surface area (Å²) >= 11 is 0. The fraction of sp³-hybridized carbons (Fsp3) is 0.147. The zero-order valence-electron chi connectivity index (χ0n) is 62.2. The van der Waals surface area contributed by atoms with Gasteiger partial charge in [-0.25, -0.2) is 0 Å². The van der Waals surface area contributed by atoms with E-state index in [1.807, 2.05) is 0 Å². The Morgan fingerprint density at radius 3 is 0.861 bits per heavy atom. The standard InChI is InChI=1S/C102H76N6/c1-98(2)77-29-17-11-23-65(77)71-47-57(35-41-80(71)98)60-38-44-90-74(50-60)68-26-14-20-32-87(68)106(90)64-55-85-94-86(56-64)102(9,10)84-54-63(53-83(93(84)94)101(85,7)8)95-103-96(107-88-33-21-15-27-69(88)75-51-61(39-45-91(75)107)58-36-42-81-72(48-58)66-24-12-18-30-78(66)99(81,3)4)105-97(104-95)108-89-34-22-16-28-70(89)76-52-62(40-46-92(76)108)59-37-43-82-73(49-59)67-25-13-19-31-79(67)100(82,5)6/h11-56H,1-10H3.